The number of aryl methyl sites for hydroxylation is 1. The normalized spacial score (nSPS) is 17.3. The maximum atomic E-state index is 12.4. The van der Waals surface area contributed by atoms with Gasteiger partial charge in [-0.2, -0.15) is 0 Å². The Balaban J connectivity index is 1.90. The lowest BCUT2D eigenvalue weighted by atomic mass is 9.97. The molecular weight excluding hydrogens is 246 g/mol. The minimum Gasteiger partial charge on any atom is -0.303 e. The van der Waals surface area contributed by atoms with Crippen molar-refractivity contribution in [3.8, 4) is 0 Å². The molecule has 0 spiro atoms. The van der Waals surface area contributed by atoms with Crippen LogP contribution in [0.1, 0.15) is 55.5 Å². The maximum Gasteiger partial charge on any atom is 0.166 e. The Morgan fingerprint density at radius 3 is 2.45 bits per heavy atom. The molecule has 1 aromatic rings. The first kappa shape index (κ1) is 15.2. The molecule has 2 rings (SSSR count). The summed E-state index contributed by atoms with van der Waals surface area (Å²) < 4.78 is 0. The number of benzene rings is 1. The first-order chi connectivity index (χ1) is 9.70. The molecule has 2 nitrogen and oxygen atoms in total. The molecule has 1 aliphatic heterocycles. The van der Waals surface area contributed by atoms with Crippen LogP contribution in [0.3, 0.4) is 0 Å². The summed E-state index contributed by atoms with van der Waals surface area (Å²) in [6.07, 6.45) is 6.13. The number of Topliss-reactive ketones (excluding diaryl/α,β-unsaturated/α-hetero) is 1. The second kappa shape index (κ2) is 7.58. The molecule has 1 saturated heterocycles. The predicted octanol–water partition coefficient (Wildman–Crippen LogP) is 3.94. The molecule has 0 amide bonds. The van der Waals surface area contributed by atoms with E-state index in [0.29, 0.717) is 5.78 Å². The Morgan fingerprint density at radius 2 is 1.85 bits per heavy atom. The molecule has 1 atom stereocenters. The highest BCUT2D eigenvalue weighted by Gasteiger charge is 2.20. The monoisotopic (exact) mass is 273 g/mol. The van der Waals surface area contributed by atoms with E-state index in [2.05, 4.69) is 30.9 Å². The predicted molar refractivity (Wildman–Crippen MR) is 84.2 cm³/mol. The van der Waals surface area contributed by atoms with Crippen molar-refractivity contribution < 1.29 is 4.79 Å². The van der Waals surface area contributed by atoms with E-state index in [1.165, 1.54) is 31.2 Å². The van der Waals surface area contributed by atoms with Crippen LogP contribution in [-0.2, 0) is 6.42 Å². The van der Waals surface area contributed by atoms with Gasteiger partial charge in [0.15, 0.2) is 5.78 Å². The van der Waals surface area contributed by atoms with Gasteiger partial charge in [0.2, 0.25) is 0 Å². The van der Waals surface area contributed by atoms with Crippen LogP contribution in [0.25, 0.3) is 0 Å². The smallest absolute Gasteiger partial charge is 0.166 e. The first-order valence-electron chi connectivity index (χ1n) is 8.06. The van der Waals surface area contributed by atoms with Gasteiger partial charge in [0.25, 0.3) is 0 Å². The topological polar surface area (TPSA) is 20.3 Å². The number of nitrogens with zero attached hydrogens (tertiary/aromatic N) is 1. The third-order valence-electron chi connectivity index (χ3n) is 4.24. The van der Waals surface area contributed by atoms with Gasteiger partial charge in [-0.25, -0.2) is 0 Å². The largest absolute Gasteiger partial charge is 0.303 e. The highest BCUT2D eigenvalue weighted by molar-refractivity contribution is 5.97. The molecule has 0 bridgehead atoms. The molecule has 2 heteroatoms. The second-order valence-electron chi connectivity index (χ2n) is 6.07. The standard InChI is InChI=1S/C18H27NO/c1-3-4-7-16-8-10-17(11-9-16)18(20)15(2)14-19-12-5-6-13-19/h8-11,15H,3-7,12-14H2,1-2H3. The van der Waals surface area contributed by atoms with Crippen LogP contribution in [-0.4, -0.2) is 30.3 Å². The van der Waals surface area contributed by atoms with E-state index >= 15 is 0 Å². The molecule has 1 heterocycles. The molecule has 1 unspecified atom stereocenters. The number of ketones is 1. The van der Waals surface area contributed by atoms with E-state index in [1.54, 1.807) is 0 Å². The van der Waals surface area contributed by atoms with Crippen LogP contribution in [0.2, 0.25) is 0 Å². The minimum atomic E-state index is 0.106. The Labute approximate surface area is 123 Å². The molecule has 1 aliphatic rings. The molecule has 20 heavy (non-hydrogen) atoms. The molecule has 0 saturated carbocycles. The zero-order valence-corrected chi connectivity index (χ0v) is 12.9. The Bertz CT molecular complexity index is 418. The summed E-state index contributed by atoms with van der Waals surface area (Å²) in [5, 5.41) is 0. The molecule has 1 fully saturated rings. The van der Waals surface area contributed by atoms with Crippen molar-refractivity contribution in [1.82, 2.24) is 4.90 Å². The molecule has 1 aromatic carbocycles. The van der Waals surface area contributed by atoms with Gasteiger partial charge in [0.05, 0.1) is 0 Å². The van der Waals surface area contributed by atoms with E-state index in [9.17, 15) is 4.79 Å². The van der Waals surface area contributed by atoms with Crippen LogP contribution in [0.4, 0.5) is 0 Å². The summed E-state index contributed by atoms with van der Waals surface area (Å²) >= 11 is 0. The molecule has 0 radical (unpaired) electrons. The van der Waals surface area contributed by atoms with Crippen LogP contribution >= 0.6 is 0 Å². The van der Waals surface area contributed by atoms with Crippen molar-refractivity contribution in [1.29, 1.82) is 0 Å². The quantitative estimate of drug-likeness (QED) is 0.701. The van der Waals surface area contributed by atoms with Gasteiger partial charge >= 0.3 is 0 Å². The number of carbonyl (C=O) groups excluding carboxylic acids is 1. The summed E-state index contributed by atoms with van der Waals surface area (Å²) in [6.45, 7) is 7.50. The van der Waals surface area contributed by atoms with Crippen molar-refractivity contribution in [2.45, 2.75) is 46.0 Å². The van der Waals surface area contributed by atoms with Gasteiger partial charge in [-0.1, -0.05) is 44.5 Å². The van der Waals surface area contributed by atoms with Gasteiger partial charge in [0.1, 0.15) is 0 Å². The Morgan fingerprint density at radius 1 is 1.20 bits per heavy atom. The molecule has 0 aromatic heterocycles. The lowest BCUT2D eigenvalue weighted by Crippen LogP contribution is -2.29. The van der Waals surface area contributed by atoms with E-state index in [4.69, 9.17) is 0 Å². The van der Waals surface area contributed by atoms with Crippen LogP contribution in [0, 0.1) is 5.92 Å². The SMILES string of the molecule is CCCCc1ccc(C(=O)C(C)CN2CCCC2)cc1. The van der Waals surface area contributed by atoms with Crippen molar-refractivity contribution in [3.05, 3.63) is 35.4 Å². The van der Waals surface area contributed by atoms with E-state index in [-0.39, 0.29) is 5.92 Å². The molecular formula is C18H27NO. The number of hydrogen-bond donors (Lipinski definition) is 0. The average molecular weight is 273 g/mol. The molecule has 110 valence electrons. The van der Waals surface area contributed by atoms with Crippen molar-refractivity contribution >= 4 is 5.78 Å². The van der Waals surface area contributed by atoms with Crippen molar-refractivity contribution in [3.63, 3.8) is 0 Å². The number of likely N-dealkylation sites (tertiary alicyclic amines) is 1. The van der Waals surface area contributed by atoms with Crippen LogP contribution < -0.4 is 0 Å². The Kier molecular flexibility index (Phi) is 5.78. The third-order valence-corrected chi connectivity index (χ3v) is 4.24. The lowest BCUT2D eigenvalue weighted by molar-refractivity contribution is 0.0903. The average Bonchev–Trinajstić information content (AvgIpc) is 2.97. The highest BCUT2D eigenvalue weighted by Crippen LogP contribution is 2.15. The summed E-state index contributed by atoms with van der Waals surface area (Å²) in [5.41, 5.74) is 2.22. The summed E-state index contributed by atoms with van der Waals surface area (Å²) in [6, 6.07) is 8.25. The second-order valence-corrected chi connectivity index (χ2v) is 6.07. The van der Waals surface area contributed by atoms with Gasteiger partial charge in [-0.15, -0.1) is 0 Å². The first-order valence-corrected chi connectivity index (χ1v) is 8.06. The number of carbonyl (C=O) groups is 1. The summed E-state index contributed by atoms with van der Waals surface area (Å²) in [4.78, 5) is 14.8. The van der Waals surface area contributed by atoms with Crippen LogP contribution in [0.15, 0.2) is 24.3 Å². The summed E-state index contributed by atoms with van der Waals surface area (Å²) in [7, 11) is 0. The number of rotatable bonds is 7. The van der Waals surface area contributed by atoms with Gasteiger partial charge < -0.3 is 4.90 Å². The fourth-order valence-corrected chi connectivity index (χ4v) is 2.94. The van der Waals surface area contributed by atoms with Gasteiger partial charge in [-0.05, 0) is 44.3 Å². The molecule has 0 N–H and O–H groups in total. The van der Waals surface area contributed by atoms with Crippen LogP contribution in [0.5, 0.6) is 0 Å². The van der Waals surface area contributed by atoms with E-state index < -0.39 is 0 Å². The zero-order valence-electron chi connectivity index (χ0n) is 12.9. The van der Waals surface area contributed by atoms with E-state index in [0.717, 1.165) is 31.6 Å². The van der Waals surface area contributed by atoms with Gasteiger partial charge in [-0.3, -0.25) is 4.79 Å². The third kappa shape index (κ3) is 4.17. The fraction of sp³-hybridized carbons (Fsp3) is 0.611. The maximum absolute atomic E-state index is 12.4. The fourth-order valence-electron chi connectivity index (χ4n) is 2.94. The number of unbranched alkanes of at least 4 members (excludes halogenated alkanes) is 1. The lowest BCUT2D eigenvalue weighted by Gasteiger charge is -2.19. The van der Waals surface area contributed by atoms with Gasteiger partial charge in [0, 0.05) is 18.0 Å². The minimum absolute atomic E-state index is 0.106. The summed E-state index contributed by atoms with van der Waals surface area (Å²) in [5.74, 6) is 0.397. The molecule has 0 aliphatic carbocycles. The highest BCUT2D eigenvalue weighted by atomic mass is 16.1. The van der Waals surface area contributed by atoms with Crippen molar-refractivity contribution in [2.24, 2.45) is 5.92 Å². The van der Waals surface area contributed by atoms with E-state index in [1.807, 2.05) is 12.1 Å². The zero-order chi connectivity index (χ0) is 14.4. The number of hydrogen-bond acceptors (Lipinski definition) is 2. The van der Waals surface area contributed by atoms with Crippen molar-refractivity contribution in [2.75, 3.05) is 19.6 Å². The Hall–Kier alpha value is -1.15.